The van der Waals surface area contributed by atoms with E-state index >= 15 is 0 Å². The zero-order valence-electron chi connectivity index (χ0n) is 15.4. The van der Waals surface area contributed by atoms with Crippen molar-refractivity contribution in [2.24, 2.45) is 4.99 Å². The van der Waals surface area contributed by atoms with Gasteiger partial charge in [-0.2, -0.15) is 11.8 Å². The lowest BCUT2D eigenvalue weighted by molar-refractivity contribution is 0.293. The molecule has 2 rings (SSSR count). The smallest absolute Gasteiger partial charge is 0.208 e. The molecule has 2 N–H and O–H groups in total. The Morgan fingerprint density at radius 1 is 1.28 bits per heavy atom. The lowest BCUT2D eigenvalue weighted by Crippen LogP contribution is -2.53. The number of nitrogens with zero attached hydrogens (tertiary/aromatic N) is 2. The molecule has 2 aliphatic rings. The molecule has 0 atom stereocenters. The molecule has 0 radical (unpaired) electrons. The molecule has 0 aromatic rings. The van der Waals surface area contributed by atoms with Crippen LogP contribution in [0, 0.1) is 0 Å². The molecule has 1 saturated carbocycles. The first-order chi connectivity index (χ1) is 11.4. The number of hydrogen-bond donors (Lipinski definition) is 2. The molecule has 9 heteroatoms. The van der Waals surface area contributed by atoms with Crippen molar-refractivity contribution in [2.45, 2.75) is 50.2 Å². The Hall–Kier alpha value is 0.260. The van der Waals surface area contributed by atoms with Crippen molar-refractivity contribution in [1.29, 1.82) is 0 Å². The third-order valence-electron chi connectivity index (χ3n) is 4.61. The van der Waals surface area contributed by atoms with Crippen LogP contribution in [0.5, 0.6) is 0 Å². The normalized spacial score (nSPS) is 21.0. The van der Waals surface area contributed by atoms with E-state index in [0.29, 0.717) is 17.8 Å². The zero-order chi connectivity index (χ0) is 17.5. The SMILES string of the molecule is CCNC(=NCCCNS(C)(=O)=O)N1CCSC2(CCCCC2)C1.I. The van der Waals surface area contributed by atoms with Crippen LogP contribution in [-0.4, -0.2) is 68.8 Å². The quantitative estimate of drug-likeness (QED) is 0.251. The monoisotopic (exact) mass is 504 g/mol. The predicted molar refractivity (Wildman–Crippen MR) is 119 cm³/mol. The van der Waals surface area contributed by atoms with E-state index in [-0.39, 0.29) is 24.0 Å². The van der Waals surface area contributed by atoms with Gasteiger partial charge in [0.05, 0.1) is 6.26 Å². The van der Waals surface area contributed by atoms with Gasteiger partial charge in [0, 0.05) is 43.2 Å². The van der Waals surface area contributed by atoms with Gasteiger partial charge in [-0.05, 0) is 26.2 Å². The number of guanidine groups is 1. The van der Waals surface area contributed by atoms with Crippen LogP contribution in [0.25, 0.3) is 0 Å². The molecule has 6 nitrogen and oxygen atoms in total. The van der Waals surface area contributed by atoms with E-state index in [0.717, 1.165) is 32.0 Å². The van der Waals surface area contributed by atoms with E-state index in [2.05, 4.69) is 33.6 Å². The number of halogens is 1. The Kier molecular flexibility index (Phi) is 10.4. The Morgan fingerprint density at radius 2 is 2.00 bits per heavy atom. The lowest BCUT2D eigenvalue weighted by Gasteiger charge is -2.45. The second-order valence-corrected chi connectivity index (χ2v) is 10.2. The summed E-state index contributed by atoms with van der Waals surface area (Å²) < 4.78 is 25.1. The summed E-state index contributed by atoms with van der Waals surface area (Å²) >= 11 is 2.16. The summed E-state index contributed by atoms with van der Waals surface area (Å²) in [5.74, 6) is 2.15. The standard InChI is InChI=1S/C16H32N4O2S2.HI/c1-3-17-15(18-10-7-11-19-24(2,21)22)20-12-13-23-16(14-20)8-5-4-6-9-16;/h19H,3-14H2,1-2H3,(H,17,18);1H. The summed E-state index contributed by atoms with van der Waals surface area (Å²) in [5.41, 5.74) is 0. The highest BCUT2D eigenvalue weighted by atomic mass is 127. The van der Waals surface area contributed by atoms with Gasteiger partial charge in [-0.1, -0.05) is 19.3 Å². The number of rotatable bonds is 6. The third-order valence-corrected chi connectivity index (χ3v) is 6.87. The molecule has 1 aliphatic heterocycles. The number of thioether (sulfide) groups is 1. The fourth-order valence-electron chi connectivity index (χ4n) is 3.47. The maximum Gasteiger partial charge on any atom is 0.208 e. The Balaban J connectivity index is 0.00000312. The Morgan fingerprint density at radius 3 is 2.64 bits per heavy atom. The van der Waals surface area contributed by atoms with Crippen LogP contribution in [0.3, 0.4) is 0 Å². The molecule has 2 fully saturated rings. The summed E-state index contributed by atoms with van der Waals surface area (Å²) in [6.07, 6.45) is 8.64. The van der Waals surface area contributed by atoms with Gasteiger partial charge in [-0.3, -0.25) is 4.99 Å². The fourth-order valence-corrected chi connectivity index (χ4v) is 5.56. The van der Waals surface area contributed by atoms with Crippen molar-refractivity contribution in [3.63, 3.8) is 0 Å². The summed E-state index contributed by atoms with van der Waals surface area (Å²) in [6.45, 7) is 6.17. The topological polar surface area (TPSA) is 73.8 Å². The van der Waals surface area contributed by atoms with Crippen molar-refractivity contribution in [3.05, 3.63) is 0 Å². The van der Waals surface area contributed by atoms with Crippen LogP contribution in [0.15, 0.2) is 4.99 Å². The largest absolute Gasteiger partial charge is 0.357 e. The maximum absolute atomic E-state index is 11.1. The number of hydrogen-bond acceptors (Lipinski definition) is 4. The van der Waals surface area contributed by atoms with E-state index in [1.807, 2.05) is 0 Å². The minimum absolute atomic E-state index is 0. The van der Waals surface area contributed by atoms with Gasteiger partial charge in [0.2, 0.25) is 10.0 Å². The van der Waals surface area contributed by atoms with Crippen molar-refractivity contribution in [2.75, 3.05) is 44.7 Å². The number of sulfonamides is 1. The maximum atomic E-state index is 11.1. The van der Waals surface area contributed by atoms with Crippen LogP contribution in [-0.2, 0) is 10.0 Å². The minimum atomic E-state index is -3.10. The third kappa shape index (κ3) is 8.21. The highest BCUT2D eigenvalue weighted by Crippen LogP contribution is 2.42. The first kappa shape index (κ1) is 23.3. The minimum Gasteiger partial charge on any atom is -0.357 e. The van der Waals surface area contributed by atoms with Gasteiger partial charge < -0.3 is 10.2 Å². The zero-order valence-corrected chi connectivity index (χ0v) is 19.4. The second-order valence-electron chi connectivity index (χ2n) is 6.77. The molecule has 148 valence electrons. The predicted octanol–water partition coefficient (Wildman–Crippen LogP) is 2.26. The molecular formula is C16H33IN4O2S2. The van der Waals surface area contributed by atoms with Crippen LogP contribution in [0.4, 0.5) is 0 Å². The summed E-state index contributed by atoms with van der Waals surface area (Å²) in [6, 6.07) is 0. The van der Waals surface area contributed by atoms with Crippen LogP contribution in [0.2, 0.25) is 0 Å². The highest BCUT2D eigenvalue weighted by molar-refractivity contribution is 14.0. The molecule has 0 bridgehead atoms. The van der Waals surface area contributed by atoms with E-state index in [1.54, 1.807) is 0 Å². The average Bonchev–Trinajstić information content (AvgIpc) is 2.53. The van der Waals surface area contributed by atoms with Gasteiger partial charge in [0.1, 0.15) is 0 Å². The Bertz CT molecular complexity index is 517. The molecule has 0 amide bonds. The average molecular weight is 505 g/mol. The van der Waals surface area contributed by atoms with Gasteiger partial charge in [-0.15, -0.1) is 24.0 Å². The highest BCUT2D eigenvalue weighted by Gasteiger charge is 2.38. The van der Waals surface area contributed by atoms with Gasteiger partial charge in [0.15, 0.2) is 5.96 Å². The molecule has 0 unspecified atom stereocenters. The molecular weight excluding hydrogens is 471 g/mol. The van der Waals surface area contributed by atoms with Crippen molar-refractivity contribution >= 4 is 51.7 Å². The first-order valence-electron chi connectivity index (χ1n) is 9.06. The molecule has 1 spiro atoms. The van der Waals surface area contributed by atoms with Gasteiger partial charge >= 0.3 is 0 Å². The van der Waals surface area contributed by atoms with Crippen LogP contribution < -0.4 is 10.0 Å². The molecule has 0 aromatic carbocycles. The molecule has 25 heavy (non-hydrogen) atoms. The molecule has 0 aromatic heterocycles. The second kappa shape index (κ2) is 11.2. The summed E-state index contributed by atoms with van der Waals surface area (Å²) in [7, 11) is -3.10. The molecule has 1 heterocycles. The summed E-state index contributed by atoms with van der Waals surface area (Å²) in [4.78, 5) is 7.13. The van der Waals surface area contributed by atoms with Crippen LogP contribution in [0.1, 0.15) is 45.4 Å². The van der Waals surface area contributed by atoms with Crippen LogP contribution >= 0.6 is 35.7 Å². The Labute approximate surface area is 174 Å². The van der Waals surface area contributed by atoms with Gasteiger partial charge in [-0.25, -0.2) is 13.1 Å². The first-order valence-corrected chi connectivity index (χ1v) is 11.9. The van der Waals surface area contributed by atoms with Crippen molar-refractivity contribution < 1.29 is 8.42 Å². The number of aliphatic imine (C=N–C) groups is 1. The van der Waals surface area contributed by atoms with E-state index in [4.69, 9.17) is 4.99 Å². The fraction of sp³-hybridized carbons (Fsp3) is 0.938. The number of nitrogens with one attached hydrogen (secondary N) is 2. The lowest BCUT2D eigenvalue weighted by atomic mass is 9.87. The van der Waals surface area contributed by atoms with E-state index in [1.165, 1.54) is 44.1 Å². The molecule has 1 aliphatic carbocycles. The van der Waals surface area contributed by atoms with Crippen molar-refractivity contribution in [3.8, 4) is 0 Å². The van der Waals surface area contributed by atoms with E-state index in [9.17, 15) is 8.42 Å². The summed E-state index contributed by atoms with van der Waals surface area (Å²) in [5, 5.41) is 3.41. The molecule has 1 saturated heterocycles. The van der Waals surface area contributed by atoms with Crippen molar-refractivity contribution in [1.82, 2.24) is 14.9 Å². The van der Waals surface area contributed by atoms with Gasteiger partial charge in [0.25, 0.3) is 0 Å². The van der Waals surface area contributed by atoms with E-state index < -0.39 is 10.0 Å².